The molecule has 8 heteroatoms. The van der Waals surface area contributed by atoms with E-state index in [1.54, 1.807) is 44.2 Å². The average Bonchev–Trinajstić information content (AvgIpc) is 2.79. The minimum Gasteiger partial charge on any atom is -0.497 e. The molecule has 2 aromatic carbocycles. The molecule has 1 aliphatic rings. The van der Waals surface area contributed by atoms with Crippen LogP contribution in [-0.2, 0) is 4.79 Å². The Morgan fingerprint density at radius 2 is 1.77 bits per heavy atom. The number of amides is 1. The van der Waals surface area contributed by atoms with Gasteiger partial charge in [-0.2, -0.15) is 0 Å². The summed E-state index contributed by atoms with van der Waals surface area (Å²) >= 11 is 7.32. The molecular formula is C23H27N3O3S2. The summed E-state index contributed by atoms with van der Waals surface area (Å²) < 4.78 is 10.7. The van der Waals surface area contributed by atoms with Gasteiger partial charge >= 0.3 is 0 Å². The van der Waals surface area contributed by atoms with Crippen molar-refractivity contribution in [3.05, 3.63) is 59.3 Å². The highest BCUT2D eigenvalue weighted by atomic mass is 32.2. The van der Waals surface area contributed by atoms with Gasteiger partial charge in [0.1, 0.15) is 11.5 Å². The fourth-order valence-corrected chi connectivity index (χ4v) is 4.28. The van der Waals surface area contributed by atoms with Crippen molar-refractivity contribution in [1.29, 1.82) is 0 Å². The van der Waals surface area contributed by atoms with Crippen molar-refractivity contribution in [2.75, 3.05) is 39.9 Å². The van der Waals surface area contributed by atoms with Gasteiger partial charge < -0.3 is 24.6 Å². The Kier molecular flexibility index (Phi) is 7.12. The van der Waals surface area contributed by atoms with Gasteiger partial charge in [-0.1, -0.05) is 12.1 Å². The molecule has 1 amide bonds. The maximum absolute atomic E-state index is 13.6. The van der Waals surface area contributed by atoms with E-state index in [-0.39, 0.29) is 11.9 Å². The van der Waals surface area contributed by atoms with Crippen LogP contribution in [0.25, 0.3) is 0 Å². The maximum Gasteiger partial charge on any atom is 0.255 e. The van der Waals surface area contributed by atoms with Crippen LogP contribution >= 0.6 is 24.0 Å². The molecule has 0 saturated carbocycles. The summed E-state index contributed by atoms with van der Waals surface area (Å²) in [5.74, 6) is 0.968. The average molecular weight is 458 g/mol. The smallest absolute Gasteiger partial charge is 0.255 e. The number of thiocarbonyl (C=S) groups is 1. The van der Waals surface area contributed by atoms with Gasteiger partial charge in [0, 0.05) is 30.8 Å². The van der Waals surface area contributed by atoms with Crippen LogP contribution in [-0.4, -0.2) is 55.4 Å². The first kappa shape index (κ1) is 23.0. The highest BCUT2D eigenvalue weighted by Gasteiger charge is 2.36. The fraction of sp³-hybridized carbons (Fsp3) is 0.304. The van der Waals surface area contributed by atoms with E-state index in [0.717, 1.165) is 16.2 Å². The number of carbonyl (C=O) groups excluding carboxylic acids is 1. The van der Waals surface area contributed by atoms with Gasteiger partial charge in [0.05, 0.1) is 31.5 Å². The number of anilines is 1. The number of ether oxygens (including phenoxy) is 2. The van der Waals surface area contributed by atoms with E-state index < -0.39 is 0 Å². The zero-order chi connectivity index (χ0) is 22.7. The Morgan fingerprint density at radius 3 is 2.35 bits per heavy atom. The lowest BCUT2D eigenvalue weighted by Gasteiger charge is -2.42. The van der Waals surface area contributed by atoms with Crippen molar-refractivity contribution in [2.45, 2.75) is 17.9 Å². The van der Waals surface area contributed by atoms with Gasteiger partial charge in [-0.25, -0.2) is 0 Å². The first-order valence-electron chi connectivity index (χ1n) is 9.71. The molecule has 3 rings (SSSR count). The molecule has 1 unspecified atom stereocenters. The van der Waals surface area contributed by atoms with Crippen molar-refractivity contribution >= 4 is 40.7 Å². The summed E-state index contributed by atoms with van der Waals surface area (Å²) in [6.45, 7) is 1.92. The number of likely N-dealkylation sites (N-methyl/N-ethyl adjacent to an activating group) is 1. The molecule has 0 bridgehead atoms. The predicted molar refractivity (Wildman–Crippen MR) is 130 cm³/mol. The molecule has 6 nitrogen and oxygen atoms in total. The number of nitrogens with zero attached hydrogens (tertiary/aromatic N) is 2. The Hall–Kier alpha value is -2.71. The number of hydrogen-bond acceptors (Lipinski definition) is 5. The lowest BCUT2D eigenvalue weighted by Crippen LogP contribution is -2.47. The van der Waals surface area contributed by atoms with Crippen LogP contribution in [0.15, 0.2) is 58.6 Å². The minimum absolute atomic E-state index is 0.218. The van der Waals surface area contributed by atoms with Gasteiger partial charge in [0.2, 0.25) is 0 Å². The second-order valence-electron chi connectivity index (χ2n) is 7.15. The van der Waals surface area contributed by atoms with E-state index in [4.69, 9.17) is 21.7 Å². The van der Waals surface area contributed by atoms with Crippen molar-refractivity contribution in [3.8, 4) is 11.5 Å². The van der Waals surface area contributed by atoms with E-state index in [9.17, 15) is 4.79 Å². The molecule has 31 heavy (non-hydrogen) atoms. The number of allylic oxidation sites excluding steroid dienone is 1. The molecule has 2 aromatic rings. The SMILES string of the molecule is COc1ccc(OC)c(NC(=O)C2=C(C)N(C)C(=S)N(C)C2c2ccc(SC)cc2)c1. The Labute approximate surface area is 193 Å². The summed E-state index contributed by atoms with van der Waals surface area (Å²) in [6.07, 6.45) is 2.04. The van der Waals surface area contributed by atoms with E-state index in [1.807, 2.05) is 49.2 Å². The van der Waals surface area contributed by atoms with Crippen LogP contribution in [0, 0.1) is 0 Å². The third-order valence-electron chi connectivity index (χ3n) is 5.47. The lowest BCUT2D eigenvalue weighted by atomic mass is 9.93. The second-order valence-corrected chi connectivity index (χ2v) is 8.39. The molecule has 0 aromatic heterocycles. The summed E-state index contributed by atoms with van der Waals surface area (Å²) in [7, 11) is 6.94. The van der Waals surface area contributed by atoms with Crippen molar-refractivity contribution in [1.82, 2.24) is 9.80 Å². The second kappa shape index (κ2) is 9.62. The third-order valence-corrected chi connectivity index (χ3v) is 6.78. The highest BCUT2D eigenvalue weighted by molar-refractivity contribution is 7.98. The zero-order valence-corrected chi connectivity index (χ0v) is 20.2. The van der Waals surface area contributed by atoms with Crippen LogP contribution in [0.4, 0.5) is 5.69 Å². The number of carbonyl (C=O) groups is 1. The molecular weight excluding hydrogens is 430 g/mol. The molecule has 0 spiro atoms. The van der Waals surface area contributed by atoms with E-state index in [1.165, 1.54) is 0 Å². The minimum atomic E-state index is -0.309. The van der Waals surface area contributed by atoms with E-state index >= 15 is 0 Å². The maximum atomic E-state index is 13.6. The predicted octanol–water partition coefficient (Wildman–Crippen LogP) is 4.54. The first-order valence-corrected chi connectivity index (χ1v) is 11.3. The standard InChI is InChI=1S/C23H27N3O3S2/c1-14-20(22(27)24-18-13-16(28-4)9-12-19(18)29-5)21(26(3)23(30)25(14)2)15-7-10-17(31-6)11-8-15/h7-13,21H,1-6H3,(H,24,27). The number of methoxy groups -OCH3 is 2. The van der Waals surface area contributed by atoms with Crippen molar-refractivity contribution < 1.29 is 14.3 Å². The Bertz CT molecular complexity index is 1020. The number of hydrogen-bond donors (Lipinski definition) is 1. The lowest BCUT2D eigenvalue weighted by molar-refractivity contribution is -0.113. The van der Waals surface area contributed by atoms with Crippen molar-refractivity contribution in [2.24, 2.45) is 0 Å². The highest BCUT2D eigenvalue weighted by Crippen LogP contribution is 2.38. The van der Waals surface area contributed by atoms with Crippen LogP contribution in [0.3, 0.4) is 0 Å². The quantitative estimate of drug-likeness (QED) is 0.505. The summed E-state index contributed by atoms with van der Waals surface area (Å²) in [5, 5.41) is 3.67. The van der Waals surface area contributed by atoms with Crippen LogP contribution in [0.2, 0.25) is 0 Å². The number of rotatable bonds is 6. The molecule has 0 saturated heterocycles. The molecule has 0 aliphatic carbocycles. The fourth-order valence-electron chi connectivity index (χ4n) is 3.63. The Morgan fingerprint density at radius 1 is 1.10 bits per heavy atom. The first-order chi connectivity index (χ1) is 14.8. The molecule has 0 radical (unpaired) electrons. The van der Waals surface area contributed by atoms with Gasteiger partial charge in [-0.05, 0) is 55.2 Å². The van der Waals surface area contributed by atoms with Crippen molar-refractivity contribution in [3.63, 3.8) is 0 Å². The topological polar surface area (TPSA) is 54.0 Å². The van der Waals surface area contributed by atoms with Gasteiger partial charge in [0.25, 0.3) is 5.91 Å². The summed E-state index contributed by atoms with van der Waals surface area (Å²) in [5.41, 5.74) is 2.97. The normalized spacial score (nSPS) is 16.5. The van der Waals surface area contributed by atoms with E-state index in [0.29, 0.717) is 27.9 Å². The molecule has 1 atom stereocenters. The monoisotopic (exact) mass is 457 g/mol. The number of nitrogens with one attached hydrogen (secondary N) is 1. The molecule has 1 aliphatic heterocycles. The third kappa shape index (κ3) is 4.50. The molecule has 1 heterocycles. The van der Waals surface area contributed by atoms with Gasteiger partial charge in [-0.15, -0.1) is 11.8 Å². The zero-order valence-electron chi connectivity index (χ0n) is 18.6. The summed E-state index contributed by atoms with van der Waals surface area (Å²) in [6, 6.07) is 13.2. The number of thioether (sulfide) groups is 1. The largest absolute Gasteiger partial charge is 0.497 e. The van der Waals surface area contributed by atoms with Gasteiger partial charge in [-0.3, -0.25) is 4.79 Å². The van der Waals surface area contributed by atoms with Crippen LogP contribution in [0.1, 0.15) is 18.5 Å². The summed E-state index contributed by atoms with van der Waals surface area (Å²) in [4.78, 5) is 18.6. The van der Waals surface area contributed by atoms with E-state index in [2.05, 4.69) is 17.4 Å². The molecule has 0 fully saturated rings. The Balaban J connectivity index is 2.05. The molecule has 1 N–H and O–H groups in total. The van der Waals surface area contributed by atoms with Gasteiger partial charge in [0.15, 0.2) is 5.11 Å². The molecule has 164 valence electrons. The number of benzene rings is 2. The van der Waals surface area contributed by atoms with Crippen LogP contribution in [0.5, 0.6) is 11.5 Å². The van der Waals surface area contributed by atoms with Crippen LogP contribution < -0.4 is 14.8 Å².